The Morgan fingerprint density at radius 2 is 1.17 bits per heavy atom. The Kier molecular flexibility index (Phi) is 2.56. The van der Waals surface area contributed by atoms with Gasteiger partial charge in [-0.25, -0.2) is 0 Å². The van der Waals surface area contributed by atoms with Crippen LogP contribution in [0.15, 0.2) is 89.3 Å². The maximum absolute atomic E-state index is 5.91. The summed E-state index contributed by atoms with van der Waals surface area (Å²) in [6.07, 6.45) is 0. The molecule has 0 aliphatic heterocycles. The van der Waals surface area contributed by atoms with Crippen molar-refractivity contribution in [2.75, 3.05) is 0 Å². The van der Waals surface area contributed by atoms with Gasteiger partial charge in [0.05, 0.1) is 0 Å². The van der Waals surface area contributed by atoms with E-state index in [0.717, 1.165) is 11.2 Å². The van der Waals surface area contributed by atoms with Crippen molar-refractivity contribution in [1.82, 2.24) is 0 Å². The van der Waals surface area contributed by atoms with Gasteiger partial charge in [0.2, 0.25) is 0 Å². The van der Waals surface area contributed by atoms with E-state index in [0.29, 0.717) is 0 Å². The summed E-state index contributed by atoms with van der Waals surface area (Å²) in [6.45, 7) is 0. The van der Waals surface area contributed by atoms with E-state index >= 15 is 0 Å². The number of rotatable bonds is 1. The van der Waals surface area contributed by atoms with E-state index in [2.05, 4.69) is 72.8 Å². The first-order valence-corrected chi connectivity index (χ1v) is 7.79. The molecule has 5 aromatic rings. The summed E-state index contributed by atoms with van der Waals surface area (Å²) in [6, 6.07) is 29.7. The van der Waals surface area contributed by atoms with Crippen molar-refractivity contribution in [1.29, 1.82) is 0 Å². The first kappa shape index (κ1) is 12.5. The Hall–Kier alpha value is -3.06. The van der Waals surface area contributed by atoms with Gasteiger partial charge in [-0.2, -0.15) is 0 Å². The largest absolute Gasteiger partial charge is 0.456 e. The molecule has 0 radical (unpaired) electrons. The summed E-state index contributed by atoms with van der Waals surface area (Å²) >= 11 is 0. The molecule has 0 aliphatic rings. The monoisotopic (exact) mass is 294 g/mol. The third-order valence-electron chi connectivity index (χ3n) is 4.46. The Morgan fingerprint density at radius 1 is 0.478 bits per heavy atom. The highest BCUT2D eigenvalue weighted by Gasteiger charge is 2.08. The van der Waals surface area contributed by atoms with E-state index in [1.807, 2.05) is 12.1 Å². The first-order chi connectivity index (χ1) is 11.4. The maximum Gasteiger partial charge on any atom is 0.135 e. The molecule has 0 fully saturated rings. The normalized spacial score (nSPS) is 11.5. The van der Waals surface area contributed by atoms with Crippen LogP contribution in [0.3, 0.4) is 0 Å². The second-order valence-corrected chi connectivity index (χ2v) is 5.87. The number of hydrogen-bond acceptors (Lipinski definition) is 1. The van der Waals surface area contributed by atoms with E-state index < -0.39 is 0 Å². The predicted molar refractivity (Wildman–Crippen MR) is 96.7 cm³/mol. The molecule has 5 rings (SSSR count). The number of furan rings is 1. The lowest BCUT2D eigenvalue weighted by Gasteiger charge is -2.04. The van der Waals surface area contributed by atoms with Crippen LogP contribution in [-0.4, -0.2) is 0 Å². The summed E-state index contributed by atoms with van der Waals surface area (Å²) in [7, 11) is 0. The highest BCUT2D eigenvalue weighted by Crippen LogP contribution is 2.33. The molecule has 23 heavy (non-hydrogen) atoms. The van der Waals surface area contributed by atoms with E-state index in [-0.39, 0.29) is 0 Å². The third-order valence-corrected chi connectivity index (χ3v) is 4.46. The molecule has 0 amide bonds. The molecule has 0 bridgehead atoms. The fourth-order valence-corrected chi connectivity index (χ4v) is 3.27. The standard InChI is InChI=1S/C22H14O/c1-2-6-16-13-17(10-9-15(16)5-1)18-11-12-22-20(14-18)19-7-3-4-8-21(19)23-22/h1-14H. The zero-order chi connectivity index (χ0) is 15.2. The molecule has 108 valence electrons. The van der Waals surface area contributed by atoms with Gasteiger partial charge in [-0.1, -0.05) is 60.7 Å². The third kappa shape index (κ3) is 1.94. The Labute approximate surface area is 133 Å². The fraction of sp³-hybridized carbons (Fsp3) is 0. The van der Waals surface area contributed by atoms with Gasteiger partial charge < -0.3 is 4.42 Å². The molecule has 0 saturated heterocycles. The summed E-state index contributed by atoms with van der Waals surface area (Å²) in [4.78, 5) is 0. The van der Waals surface area contributed by atoms with Gasteiger partial charge in [0.25, 0.3) is 0 Å². The topological polar surface area (TPSA) is 13.1 Å². The van der Waals surface area contributed by atoms with Crippen molar-refractivity contribution in [3.8, 4) is 11.1 Å². The van der Waals surface area contributed by atoms with Crippen molar-refractivity contribution in [2.24, 2.45) is 0 Å². The zero-order valence-electron chi connectivity index (χ0n) is 12.5. The number of benzene rings is 4. The van der Waals surface area contributed by atoms with Crippen LogP contribution in [0.1, 0.15) is 0 Å². The molecule has 1 nitrogen and oxygen atoms in total. The van der Waals surface area contributed by atoms with E-state index in [4.69, 9.17) is 4.42 Å². The zero-order valence-corrected chi connectivity index (χ0v) is 12.5. The van der Waals surface area contributed by atoms with Gasteiger partial charge in [0, 0.05) is 10.8 Å². The highest BCUT2D eigenvalue weighted by atomic mass is 16.3. The Balaban J connectivity index is 1.76. The van der Waals surface area contributed by atoms with Crippen molar-refractivity contribution < 1.29 is 4.42 Å². The number of hydrogen-bond donors (Lipinski definition) is 0. The summed E-state index contributed by atoms with van der Waals surface area (Å²) in [5.74, 6) is 0. The molecule has 4 aromatic carbocycles. The van der Waals surface area contributed by atoms with Crippen molar-refractivity contribution in [3.05, 3.63) is 84.9 Å². The van der Waals surface area contributed by atoms with Crippen LogP contribution in [0.4, 0.5) is 0 Å². The molecular formula is C22H14O. The minimum absolute atomic E-state index is 0.940. The molecule has 1 aromatic heterocycles. The number of para-hydroxylation sites is 1. The number of fused-ring (bicyclic) bond motifs is 4. The fourth-order valence-electron chi connectivity index (χ4n) is 3.27. The van der Waals surface area contributed by atoms with Crippen molar-refractivity contribution in [2.45, 2.75) is 0 Å². The second-order valence-electron chi connectivity index (χ2n) is 5.87. The molecule has 0 unspecified atom stereocenters. The summed E-state index contributed by atoms with van der Waals surface area (Å²) < 4.78 is 5.91. The van der Waals surface area contributed by atoms with Crippen LogP contribution in [0, 0.1) is 0 Å². The average Bonchev–Trinajstić information content (AvgIpc) is 2.99. The maximum atomic E-state index is 5.91. The van der Waals surface area contributed by atoms with Gasteiger partial charge in [-0.15, -0.1) is 0 Å². The molecule has 1 heteroatoms. The average molecular weight is 294 g/mol. The summed E-state index contributed by atoms with van der Waals surface area (Å²) in [5.41, 5.74) is 4.33. The van der Waals surface area contributed by atoms with Gasteiger partial charge in [0.15, 0.2) is 0 Å². The second kappa shape index (κ2) is 4.72. The molecule has 0 spiro atoms. The van der Waals surface area contributed by atoms with Crippen LogP contribution in [0.2, 0.25) is 0 Å². The van der Waals surface area contributed by atoms with Gasteiger partial charge in [-0.3, -0.25) is 0 Å². The minimum Gasteiger partial charge on any atom is -0.456 e. The van der Waals surface area contributed by atoms with Crippen LogP contribution in [0.5, 0.6) is 0 Å². The van der Waals surface area contributed by atoms with Crippen LogP contribution >= 0.6 is 0 Å². The molecule has 0 N–H and O–H groups in total. The van der Waals surface area contributed by atoms with Crippen molar-refractivity contribution in [3.63, 3.8) is 0 Å². The minimum atomic E-state index is 0.940. The van der Waals surface area contributed by atoms with Crippen LogP contribution < -0.4 is 0 Å². The summed E-state index contributed by atoms with van der Waals surface area (Å²) in [5, 5.41) is 4.88. The van der Waals surface area contributed by atoms with Gasteiger partial charge in [-0.05, 0) is 46.2 Å². The lowest BCUT2D eigenvalue weighted by atomic mass is 10.00. The lowest BCUT2D eigenvalue weighted by Crippen LogP contribution is -1.79. The molecular weight excluding hydrogens is 280 g/mol. The van der Waals surface area contributed by atoms with E-state index in [9.17, 15) is 0 Å². The van der Waals surface area contributed by atoms with Gasteiger partial charge in [0.1, 0.15) is 11.2 Å². The van der Waals surface area contributed by atoms with Gasteiger partial charge >= 0.3 is 0 Å². The molecule has 0 aliphatic carbocycles. The van der Waals surface area contributed by atoms with Crippen LogP contribution in [-0.2, 0) is 0 Å². The predicted octanol–water partition coefficient (Wildman–Crippen LogP) is 6.41. The first-order valence-electron chi connectivity index (χ1n) is 7.79. The highest BCUT2D eigenvalue weighted by molar-refractivity contribution is 6.06. The molecule has 0 saturated carbocycles. The van der Waals surface area contributed by atoms with E-state index in [1.54, 1.807) is 0 Å². The molecule has 0 atom stereocenters. The van der Waals surface area contributed by atoms with Crippen LogP contribution in [0.25, 0.3) is 43.8 Å². The Morgan fingerprint density at radius 3 is 2.13 bits per heavy atom. The SMILES string of the molecule is c1ccc2cc(-c3ccc4oc5ccccc5c4c3)ccc2c1. The Bertz CT molecular complexity index is 1160. The molecule has 1 heterocycles. The smallest absolute Gasteiger partial charge is 0.135 e. The quantitative estimate of drug-likeness (QED) is 0.348. The lowest BCUT2D eigenvalue weighted by molar-refractivity contribution is 0.669. The van der Waals surface area contributed by atoms with Crippen molar-refractivity contribution >= 4 is 32.7 Å². The van der Waals surface area contributed by atoms with E-state index in [1.165, 1.54) is 32.7 Å².